The minimum atomic E-state index is -0.627. The maximum atomic E-state index is 13.0. The van der Waals surface area contributed by atoms with Gasteiger partial charge in [-0.25, -0.2) is 10.2 Å². The van der Waals surface area contributed by atoms with Gasteiger partial charge in [-0.3, -0.25) is 14.9 Å². The Kier molecular flexibility index (Phi) is 6.78. The fourth-order valence-corrected chi connectivity index (χ4v) is 4.61. The molecular weight excluding hydrogens is 482 g/mol. The van der Waals surface area contributed by atoms with Gasteiger partial charge in [0, 0.05) is 17.5 Å². The van der Waals surface area contributed by atoms with Crippen LogP contribution in [0.25, 0.3) is 0 Å². The number of carbonyl (C=O) groups is 2. The molecule has 1 atom stereocenters. The maximum absolute atomic E-state index is 13.0. The Hall–Kier alpha value is -5.11. The third-order valence-electron chi connectivity index (χ3n) is 6.65. The first-order valence-electron chi connectivity index (χ1n) is 12.0. The summed E-state index contributed by atoms with van der Waals surface area (Å²) < 4.78 is 5.32. The molecule has 1 aliphatic carbocycles. The lowest BCUT2D eigenvalue weighted by Crippen LogP contribution is -2.25. The predicted octanol–water partition coefficient (Wildman–Crippen LogP) is 5.27. The van der Waals surface area contributed by atoms with E-state index in [9.17, 15) is 19.7 Å². The summed E-state index contributed by atoms with van der Waals surface area (Å²) in [6, 6.07) is 31.9. The second kappa shape index (κ2) is 10.5. The van der Waals surface area contributed by atoms with Crippen LogP contribution in [0.3, 0.4) is 0 Å². The van der Waals surface area contributed by atoms with Crippen molar-refractivity contribution in [2.75, 3.05) is 0 Å². The number of amides is 1. The van der Waals surface area contributed by atoms with E-state index in [1.807, 2.05) is 36.4 Å². The van der Waals surface area contributed by atoms with Gasteiger partial charge in [-0.2, -0.15) is 5.10 Å². The molecule has 1 amide bonds. The van der Waals surface area contributed by atoms with E-state index in [0.29, 0.717) is 17.7 Å². The second-order valence-corrected chi connectivity index (χ2v) is 8.96. The number of nitro benzene ring substituents is 1. The van der Waals surface area contributed by atoms with Crippen LogP contribution in [0.1, 0.15) is 33.5 Å². The predicted molar refractivity (Wildman–Crippen MR) is 142 cm³/mol. The topological polar surface area (TPSA) is 111 Å². The van der Waals surface area contributed by atoms with Crippen LogP contribution in [0.5, 0.6) is 5.75 Å². The Morgan fingerprint density at radius 3 is 2.00 bits per heavy atom. The molecule has 4 aromatic carbocycles. The number of rotatable bonds is 8. The van der Waals surface area contributed by atoms with Gasteiger partial charge in [0.25, 0.3) is 5.69 Å². The molecule has 0 spiro atoms. The van der Waals surface area contributed by atoms with Crippen molar-refractivity contribution in [3.05, 3.63) is 142 Å². The molecule has 5 rings (SSSR count). The highest BCUT2D eigenvalue weighted by Crippen LogP contribution is 2.58. The first-order chi connectivity index (χ1) is 18.5. The number of non-ortho nitro benzene ring substituents is 1. The number of hydrogen-bond acceptors (Lipinski definition) is 6. The third kappa shape index (κ3) is 5.05. The molecular formula is C30H23N3O5. The average Bonchev–Trinajstić information content (AvgIpc) is 3.72. The summed E-state index contributed by atoms with van der Waals surface area (Å²) in [4.78, 5) is 35.5. The van der Waals surface area contributed by atoms with E-state index in [4.69, 9.17) is 4.74 Å². The summed E-state index contributed by atoms with van der Waals surface area (Å²) >= 11 is 0. The molecule has 0 aromatic heterocycles. The van der Waals surface area contributed by atoms with Gasteiger partial charge >= 0.3 is 5.97 Å². The number of esters is 1. The van der Waals surface area contributed by atoms with Gasteiger partial charge < -0.3 is 4.74 Å². The lowest BCUT2D eigenvalue weighted by atomic mass is 9.85. The third-order valence-corrected chi connectivity index (χ3v) is 6.65. The highest BCUT2D eigenvalue weighted by atomic mass is 16.6. The summed E-state index contributed by atoms with van der Waals surface area (Å²) in [5.41, 5.74) is 5.31. The average molecular weight is 506 g/mol. The van der Waals surface area contributed by atoms with Crippen molar-refractivity contribution >= 4 is 23.8 Å². The fraction of sp³-hybridized carbons (Fsp3) is 0.100. The Morgan fingerprint density at radius 2 is 1.45 bits per heavy atom. The Bertz CT molecular complexity index is 1450. The first-order valence-corrected chi connectivity index (χ1v) is 12.0. The Morgan fingerprint density at radius 1 is 0.868 bits per heavy atom. The summed E-state index contributed by atoms with van der Waals surface area (Å²) in [5, 5.41) is 14.9. The summed E-state index contributed by atoms with van der Waals surface area (Å²) in [6.45, 7) is 0. The highest BCUT2D eigenvalue weighted by molar-refractivity contribution is 5.91. The molecule has 0 radical (unpaired) electrons. The number of benzene rings is 4. The van der Waals surface area contributed by atoms with Crippen LogP contribution >= 0.6 is 0 Å². The smallest absolute Gasteiger partial charge is 0.343 e. The molecule has 0 heterocycles. The van der Waals surface area contributed by atoms with Crippen molar-refractivity contribution in [3.63, 3.8) is 0 Å². The van der Waals surface area contributed by atoms with E-state index >= 15 is 0 Å². The van der Waals surface area contributed by atoms with E-state index in [1.54, 1.807) is 24.3 Å². The van der Waals surface area contributed by atoms with Crippen molar-refractivity contribution in [2.24, 2.45) is 11.0 Å². The molecule has 1 fully saturated rings. The summed E-state index contributed by atoms with van der Waals surface area (Å²) in [7, 11) is 0. The zero-order valence-electron chi connectivity index (χ0n) is 20.2. The summed E-state index contributed by atoms with van der Waals surface area (Å²) in [6.07, 6.45) is 2.23. The lowest BCUT2D eigenvalue weighted by molar-refractivity contribution is -0.384. The summed E-state index contributed by atoms with van der Waals surface area (Å²) in [5.74, 6) is -0.699. The highest BCUT2D eigenvalue weighted by Gasteiger charge is 2.60. The zero-order valence-corrected chi connectivity index (χ0v) is 20.2. The van der Waals surface area contributed by atoms with Crippen molar-refractivity contribution in [3.8, 4) is 5.75 Å². The van der Waals surface area contributed by atoms with Gasteiger partial charge in [-0.1, -0.05) is 60.7 Å². The number of nitrogens with zero attached hydrogens (tertiary/aromatic N) is 2. The van der Waals surface area contributed by atoms with Gasteiger partial charge in [0.05, 0.1) is 22.6 Å². The van der Waals surface area contributed by atoms with E-state index in [-0.39, 0.29) is 28.5 Å². The number of carbonyl (C=O) groups excluding carboxylic acids is 2. The number of hydrogen-bond donors (Lipinski definition) is 1. The number of hydrazone groups is 1. The molecule has 0 bridgehead atoms. The molecule has 8 heteroatoms. The van der Waals surface area contributed by atoms with Gasteiger partial charge in [-0.05, 0) is 59.5 Å². The van der Waals surface area contributed by atoms with Crippen molar-refractivity contribution in [1.29, 1.82) is 0 Å². The molecule has 1 saturated carbocycles. The molecule has 0 aliphatic heterocycles. The van der Waals surface area contributed by atoms with Gasteiger partial charge in [-0.15, -0.1) is 0 Å². The minimum Gasteiger partial charge on any atom is -0.423 e. The minimum absolute atomic E-state index is 0.107. The van der Waals surface area contributed by atoms with Crippen LogP contribution in [-0.4, -0.2) is 23.0 Å². The second-order valence-electron chi connectivity index (χ2n) is 8.96. The first kappa shape index (κ1) is 24.6. The van der Waals surface area contributed by atoms with Crippen LogP contribution in [0, 0.1) is 16.0 Å². The largest absolute Gasteiger partial charge is 0.423 e. The molecule has 1 N–H and O–H groups in total. The standard InChI is InChI=1S/C30H23N3O5/c34-28(27-19-30(27,23-7-3-1-4-8-23)24-9-5-2-6-10-24)32-31-20-21-11-17-26(18-12-21)38-29(35)22-13-15-25(16-14-22)33(36)37/h1-18,20,27H,19H2,(H,32,34)/b31-20+. The van der Waals surface area contributed by atoms with Gasteiger partial charge in [0.1, 0.15) is 5.75 Å². The van der Waals surface area contributed by atoms with Crippen LogP contribution in [-0.2, 0) is 10.2 Å². The quantitative estimate of drug-likeness (QED) is 0.115. The molecule has 0 saturated heterocycles. The van der Waals surface area contributed by atoms with Crippen molar-refractivity contribution in [1.82, 2.24) is 5.43 Å². The Labute approximate surface area is 218 Å². The normalized spacial score (nSPS) is 15.5. The van der Waals surface area contributed by atoms with E-state index in [1.165, 1.54) is 30.5 Å². The van der Waals surface area contributed by atoms with Crippen LogP contribution in [0.15, 0.2) is 114 Å². The SMILES string of the molecule is O=C(Oc1ccc(/C=N/NC(=O)C2CC2(c2ccccc2)c2ccccc2)cc1)c1ccc([N+](=O)[O-])cc1. The molecule has 1 aliphatic rings. The van der Waals surface area contributed by atoms with Gasteiger partial charge in [0.15, 0.2) is 0 Å². The molecule has 1 unspecified atom stereocenters. The van der Waals surface area contributed by atoms with E-state index < -0.39 is 10.9 Å². The van der Waals surface area contributed by atoms with Crippen LogP contribution in [0.2, 0.25) is 0 Å². The number of nitrogens with one attached hydrogen (secondary N) is 1. The molecule has 8 nitrogen and oxygen atoms in total. The van der Waals surface area contributed by atoms with Crippen LogP contribution in [0.4, 0.5) is 5.69 Å². The van der Waals surface area contributed by atoms with Crippen molar-refractivity contribution < 1.29 is 19.2 Å². The lowest BCUT2D eigenvalue weighted by Gasteiger charge is -2.18. The zero-order chi connectivity index (χ0) is 26.5. The Balaban J connectivity index is 1.20. The van der Waals surface area contributed by atoms with Crippen LogP contribution < -0.4 is 10.2 Å². The molecule has 38 heavy (non-hydrogen) atoms. The van der Waals surface area contributed by atoms with Crippen molar-refractivity contribution in [2.45, 2.75) is 11.8 Å². The van der Waals surface area contributed by atoms with E-state index in [2.05, 4.69) is 34.8 Å². The monoisotopic (exact) mass is 505 g/mol. The number of ether oxygens (including phenoxy) is 1. The number of nitro groups is 1. The molecule has 4 aromatic rings. The fourth-order valence-electron chi connectivity index (χ4n) is 4.61. The van der Waals surface area contributed by atoms with Gasteiger partial charge in [0.2, 0.25) is 5.91 Å². The molecule has 188 valence electrons. The van der Waals surface area contributed by atoms with E-state index in [0.717, 1.165) is 11.1 Å². The maximum Gasteiger partial charge on any atom is 0.343 e.